The summed E-state index contributed by atoms with van der Waals surface area (Å²) in [5.74, 6) is -7.17. The third kappa shape index (κ3) is 15.3. The van der Waals surface area contributed by atoms with E-state index in [0.717, 1.165) is 27.2 Å². The molecule has 9 aromatic rings. The molecule has 0 N–H and O–H groups in total. The number of benzene rings is 9. The zero-order valence-corrected chi connectivity index (χ0v) is 63.5. The molecular weight excluding hydrogens is 1400 g/mol. The molecule has 6 atom stereocenters. The number of nitrogens with zero attached hydrogens (tertiary/aromatic N) is 4. The van der Waals surface area contributed by atoms with E-state index in [1.807, 2.05) is 95.0 Å². The SMILES string of the molecule is CC(C(=O)OCCN(CC1CO1)CC1CO1)N1C(=O)c2cc(Oc3ccc(C(C)(C)C)cc3)c3c4c(Oc5ccc(C(C)(C)C)cc5)cc5c6c(cc(Oc7ccc(C(C)(C)C)cc7)c(c7c(Oc8ccc(C(C)(C)C)cc8)cc(c2c37)C1=O)c64)C(=O)N(C(C(=O)OCCN(CC1CO1)CC1CO1)C(F)(F)F)C5=O. The highest BCUT2D eigenvalue weighted by molar-refractivity contribution is 6.45. The number of imide groups is 2. The number of esters is 2. The van der Waals surface area contributed by atoms with Crippen molar-refractivity contribution in [3.05, 3.63) is 166 Å². The van der Waals surface area contributed by atoms with Crippen LogP contribution in [-0.4, -0.2) is 177 Å². The van der Waals surface area contributed by atoms with Crippen LogP contribution in [0.15, 0.2) is 121 Å². The number of hydrogen-bond acceptors (Lipinski definition) is 18. The summed E-state index contributed by atoms with van der Waals surface area (Å²) in [6.07, 6.45) is -5.76. The van der Waals surface area contributed by atoms with Crippen molar-refractivity contribution in [1.29, 1.82) is 0 Å². The Balaban J connectivity index is 1.00. The number of halogens is 3. The Bertz CT molecular complexity index is 4820. The molecule has 0 bridgehead atoms. The standard InChI is InChI=1S/C86H89F3N4O16/c1-46(80(98)100-32-30-90(38-55-42-102-55)39-56-43-103-56)92-76(94)59-34-63(106-51-22-14-47(15-23-51)82(2,3)4)69-71-65(108-53-26-18-49(19-27-53)84(8,9)10)36-61-68-62(79(97)93(78(61)96)75(86(87,88)89)81(99)101-33-31-91(40-57-44-104-57)41-58-45-105-58)37-66(109-54-28-20-50(21-29-54)85(11,12)13)72(74(68)71)70-64(35-60(77(92)95)67(59)73(69)70)107-52-24-16-48(17-25-52)83(5,6)7/h14-29,34-37,46,55-58,75H,30-33,38-45H2,1-13H3. The maximum absolute atomic E-state index is 16.3. The lowest BCUT2D eigenvalue weighted by Crippen LogP contribution is -2.57. The van der Waals surface area contributed by atoms with Gasteiger partial charge in [0.05, 0.1) is 73.1 Å². The molecule has 6 aliphatic rings. The molecule has 15 rings (SSSR count). The predicted molar refractivity (Wildman–Crippen MR) is 403 cm³/mol. The van der Waals surface area contributed by atoms with Gasteiger partial charge in [0.15, 0.2) is 0 Å². The van der Waals surface area contributed by atoms with Crippen molar-refractivity contribution in [3.63, 3.8) is 0 Å². The zero-order valence-electron chi connectivity index (χ0n) is 63.5. The van der Waals surface area contributed by atoms with Gasteiger partial charge in [-0.2, -0.15) is 13.2 Å². The average Bonchev–Trinajstić information content (AvgIpc) is 1.55. The van der Waals surface area contributed by atoms with Crippen molar-refractivity contribution < 1.29 is 89.3 Å². The van der Waals surface area contributed by atoms with Gasteiger partial charge in [0, 0.05) is 82.4 Å². The topological polar surface area (TPSA) is 221 Å². The van der Waals surface area contributed by atoms with Crippen LogP contribution in [0.4, 0.5) is 13.2 Å². The van der Waals surface area contributed by atoms with Crippen LogP contribution in [0.25, 0.3) is 43.1 Å². The molecule has 4 fully saturated rings. The summed E-state index contributed by atoms with van der Waals surface area (Å²) in [5.41, 5.74) is 1.19. The number of fused-ring (bicyclic) bond motifs is 2. The van der Waals surface area contributed by atoms with Gasteiger partial charge in [-0.05, 0) is 124 Å². The lowest BCUT2D eigenvalue weighted by molar-refractivity contribution is -0.194. The van der Waals surface area contributed by atoms with E-state index in [2.05, 4.69) is 46.4 Å². The Morgan fingerprint density at radius 1 is 0.394 bits per heavy atom. The molecule has 20 nitrogen and oxygen atoms in total. The van der Waals surface area contributed by atoms with Crippen molar-refractivity contribution in [3.8, 4) is 46.0 Å². The molecule has 0 aliphatic carbocycles. The van der Waals surface area contributed by atoms with Crippen LogP contribution in [0.5, 0.6) is 46.0 Å². The Hall–Kier alpha value is -9.75. The highest BCUT2D eigenvalue weighted by atomic mass is 19.4. The largest absolute Gasteiger partial charge is 0.463 e. The fraction of sp³-hybridized carbons (Fsp3) is 0.419. The molecule has 23 heteroatoms. The summed E-state index contributed by atoms with van der Waals surface area (Å²) in [4.78, 5) is 98.3. The second-order valence-corrected chi connectivity index (χ2v) is 33.5. The van der Waals surface area contributed by atoms with Crippen LogP contribution in [0.1, 0.15) is 154 Å². The minimum absolute atomic E-state index is 0.0124. The van der Waals surface area contributed by atoms with Gasteiger partial charge in [0.1, 0.15) is 65.3 Å². The number of carbonyl (C=O) groups excluding carboxylic acids is 6. The van der Waals surface area contributed by atoms with Crippen LogP contribution in [0.3, 0.4) is 0 Å². The second kappa shape index (κ2) is 28.0. The Morgan fingerprint density at radius 3 is 0.881 bits per heavy atom. The summed E-state index contributed by atoms with van der Waals surface area (Å²) in [7, 11) is 0. The molecule has 0 spiro atoms. The maximum atomic E-state index is 16.3. The molecular formula is C86H89F3N4O16. The molecule has 0 aromatic heterocycles. The monoisotopic (exact) mass is 1490 g/mol. The van der Waals surface area contributed by atoms with Crippen molar-refractivity contribution in [1.82, 2.24) is 19.6 Å². The van der Waals surface area contributed by atoms with Gasteiger partial charge >= 0.3 is 18.1 Å². The molecule has 4 saturated heterocycles. The van der Waals surface area contributed by atoms with Gasteiger partial charge in [-0.1, -0.05) is 132 Å². The number of hydrogen-bond donors (Lipinski definition) is 0. The molecule has 0 radical (unpaired) electrons. The van der Waals surface area contributed by atoms with Crippen LogP contribution >= 0.6 is 0 Å². The highest BCUT2D eigenvalue weighted by Crippen LogP contribution is 2.59. The van der Waals surface area contributed by atoms with Gasteiger partial charge in [-0.25, -0.2) is 9.59 Å². The van der Waals surface area contributed by atoms with Crippen molar-refractivity contribution in [2.75, 3.05) is 78.9 Å². The molecule has 570 valence electrons. The molecule has 4 amide bonds. The van der Waals surface area contributed by atoms with Crippen LogP contribution < -0.4 is 18.9 Å². The smallest absolute Gasteiger partial charge is 0.420 e. The van der Waals surface area contributed by atoms with E-state index in [0.29, 0.717) is 59.2 Å². The number of alkyl halides is 3. The van der Waals surface area contributed by atoms with Gasteiger partial charge in [-0.15, -0.1) is 0 Å². The molecule has 109 heavy (non-hydrogen) atoms. The Morgan fingerprint density at radius 2 is 0.642 bits per heavy atom. The van der Waals surface area contributed by atoms with Crippen LogP contribution in [0, 0.1) is 0 Å². The third-order valence-corrected chi connectivity index (χ3v) is 21.0. The average molecular weight is 1490 g/mol. The predicted octanol–water partition coefficient (Wildman–Crippen LogP) is 15.9. The van der Waals surface area contributed by atoms with E-state index in [-0.39, 0.29) is 164 Å². The number of epoxide rings is 4. The summed E-state index contributed by atoms with van der Waals surface area (Å²) in [5, 5.41) is 0.452. The summed E-state index contributed by atoms with van der Waals surface area (Å²) < 4.78 is 111. The lowest BCUT2D eigenvalue weighted by Gasteiger charge is -2.35. The first-order chi connectivity index (χ1) is 51.5. The number of ether oxygens (including phenoxy) is 10. The number of carbonyl (C=O) groups is 6. The minimum atomic E-state index is -5.61. The van der Waals surface area contributed by atoms with Crippen molar-refractivity contribution in [2.24, 2.45) is 0 Å². The molecule has 0 saturated carbocycles. The van der Waals surface area contributed by atoms with Crippen molar-refractivity contribution in [2.45, 2.75) is 154 Å². The van der Waals surface area contributed by atoms with Crippen LogP contribution in [0.2, 0.25) is 0 Å². The van der Waals surface area contributed by atoms with Crippen molar-refractivity contribution >= 4 is 78.7 Å². The molecule has 6 aliphatic heterocycles. The Kier molecular flexibility index (Phi) is 19.2. The Labute approximate surface area is 629 Å². The zero-order chi connectivity index (χ0) is 77.3. The van der Waals surface area contributed by atoms with Gasteiger partial charge < -0.3 is 47.4 Å². The van der Waals surface area contributed by atoms with Gasteiger partial charge in [0.2, 0.25) is 6.04 Å². The quantitative estimate of drug-likeness (QED) is 0.0162. The first-order valence-corrected chi connectivity index (χ1v) is 37.1. The highest BCUT2D eigenvalue weighted by Gasteiger charge is 2.57. The van der Waals surface area contributed by atoms with E-state index in [1.54, 1.807) is 48.5 Å². The fourth-order valence-electron chi connectivity index (χ4n) is 14.7. The first-order valence-electron chi connectivity index (χ1n) is 37.1. The van der Waals surface area contributed by atoms with E-state index >= 15 is 32.3 Å². The summed E-state index contributed by atoms with van der Waals surface area (Å²) in [6.45, 7) is 29.8. The molecule has 6 unspecified atom stereocenters. The normalized spacial score (nSPS) is 19.0. The first kappa shape index (κ1) is 74.7. The maximum Gasteiger partial charge on any atom is 0.420 e. The third-order valence-electron chi connectivity index (χ3n) is 21.0. The second-order valence-electron chi connectivity index (χ2n) is 33.5. The minimum Gasteiger partial charge on any atom is -0.463 e. The lowest BCUT2D eigenvalue weighted by atomic mass is 9.80. The summed E-state index contributed by atoms with van der Waals surface area (Å²) in [6, 6.07) is 29.3. The van der Waals surface area contributed by atoms with Gasteiger partial charge in [-0.3, -0.25) is 38.8 Å². The molecule has 9 aromatic carbocycles. The number of rotatable bonds is 26. The molecule has 6 heterocycles. The fourth-order valence-corrected chi connectivity index (χ4v) is 14.7. The van der Waals surface area contributed by atoms with Gasteiger partial charge in [0.25, 0.3) is 23.6 Å². The van der Waals surface area contributed by atoms with E-state index in [4.69, 9.17) is 47.4 Å². The number of amides is 4. The summed E-state index contributed by atoms with van der Waals surface area (Å²) >= 11 is 0. The van der Waals surface area contributed by atoms with E-state index in [9.17, 15) is 9.59 Å². The van der Waals surface area contributed by atoms with E-state index < -0.39 is 71.6 Å². The van der Waals surface area contributed by atoms with E-state index in [1.165, 1.54) is 31.2 Å². The van der Waals surface area contributed by atoms with Crippen LogP contribution in [-0.2, 0) is 59.7 Å².